The van der Waals surface area contributed by atoms with E-state index in [9.17, 15) is 10.1 Å². The van der Waals surface area contributed by atoms with Crippen LogP contribution in [0.1, 0.15) is 5.56 Å². The van der Waals surface area contributed by atoms with Gasteiger partial charge in [0, 0.05) is 30.6 Å². The monoisotopic (exact) mass is 310 g/mol. The van der Waals surface area contributed by atoms with Crippen LogP contribution in [-0.4, -0.2) is 28.9 Å². The number of hydrogen-bond acceptors (Lipinski definition) is 5. The molecule has 1 aliphatic rings. The van der Waals surface area contributed by atoms with Gasteiger partial charge in [0.1, 0.15) is 24.9 Å². The van der Waals surface area contributed by atoms with Crippen molar-refractivity contribution >= 4 is 17.7 Å². The van der Waals surface area contributed by atoms with Gasteiger partial charge in [-0.1, -0.05) is 0 Å². The van der Waals surface area contributed by atoms with Gasteiger partial charge < -0.3 is 14.8 Å². The van der Waals surface area contributed by atoms with Gasteiger partial charge in [-0.25, -0.2) is 0 Å². The van der Waals surface area contributed by atoms with Gasteiger partial charge >= 0.3 is 0 Å². The molecule has 0 fully saturated rings. The molecule has 1 amide bonds. The number of nitrogens with zero attached hydrogens (tertiary/aromatic N) is 3. The summed E-state index contributed by atoms with van der Waals surface area (Å²) in [5.74, 6) is 0.720. The molecule has 0 unspecified atom stereocenters. The van der Waals surface area contributed by atoms with Crippen LogP contribution in [0.3, 0.4) is 0 Å². The van der Waals surface area contributed by atoms with E-state index in [1.54, 1.807) is 42.3 Å². The highest BCUT2D eigenvalue weighted by Crippen LogP contribution is 2.32. The molecular formula is C16H14N4O3. The van der Waals surface area contributed by atoms with Gasteiger partial charge in [0.15, 0.2) is 11.5 Å². The Labute approximate surface area is 132 Å². The number of aryl methyl sites for hydroxylation is 1. The summed E-state index contributed by atoms with van der Waals surface area (Å²) in [4.78, 5) is 12.2. The molecule has 3 rings (SSSR count). The normalized spacial score (nSPS) is 13.3. The maximum atomic E-state index is 12.2. The van der Waals surface area contributed by atoms with E-state index >= 15 is 0 Å². The Bertz CT molecular complexity index is 817. The van der Waals surface area contributed by atoms with E-state index in [-0.39, 0.29) is 5.57 Å². The second-order valence-corrected chi connectivity index (χ2v) is 4.93. The van der Waals surface area contributed by atoms with Gasteiger partial charge in [0.05, 0.1) is 6.20 Å². The molecule has 1 aromatic heterocycles. The quantitative estimate of drug-likeness (QED) is 0.689. The van der Waals surface area contributed by atoms with Crippen molar-refractivity contribution in [3.63, 3.8) is 0 Å². The lowest BCUT2D eigenvalue weighted by molar-refractivity contribution is -0.112. The third-order valence-corrected chi connectivity index (χ3v) is 3.20. The number of carbonyl (C=O) groups is 1. The Kier molecular flexibility index (Phi) is 3.97. The first-order valence-corrected chi connectivity index (χ1v) is 6.97. The summed E-state index contributed by atoms with van der Waals surface area (Å²) in [6, 6.07) is 6.99. The Morgan fingerprint density at radius 2 is 2.17 bits per heavy atom. The molecule has 2 heterocycles. The summed E-state index contributed by atoms with van der Waals surface area (Å²) in [5.41, 5.74) is 1.21. The number of carbonyl (C=O) groups excluding carboxylic acids is 1. The van der Waals surface area contributed by atoms with E-state index < -0.39 is 5.91 Å². The fourth-order valence-electron chi connectivity index (χ4n) is 2.15. The molecule has 2 aromatic rings. The first-order chi connectivity index (χ1) is 11.2. The summed E-state index contributed by atoms with van der Waals surface area (Å²) in [6.45, 7) is 0.972. The van der Waals surface area contributed by atoms with Crippen molar-refractivity contribution in [3.05, 3.63) is 41.7 Å². The molecule has 23 heavy (non-hydrogen) atoms. The van der Waals surface area contributed by atoms with Gasteiger partial charge in [-0.05, 0) is 18.2 Å². The first kappa shape index (κ1) is 14.7. The highest BCUT2D eigenvalue weighted by Gasteiger charge is 2.14. The van der Waals surface area contributed by atoms with Crippen LogP contribution in [0.5, 0.6) is 11.5 Å². The van der Waals surface area contributed by atoms with Crippen molar-refractivity contribution in [2.24, 2.45) is 7.05 Å². The van der Waals surface area contributed by atoms with Crippen molar-refractivity contribution in [1.82, 2.24) is 9.78 Å². The number of anilines is 1. The summed E-state index contributed by atoms with van der Waals surface area (Å²) < 4.78 is 12.5. The van der Waals surface area contributed by atoms with Gasteiger partial charge in [-0.15, -0.1) is 0 Å². The first-order valence-electron chi connectivity index (χ1n) is 6.97. The number of aromatic nitrogens is 2. The topological polar surface area (TPSA) is 89.2 Å². The lowest BCUT2D eigenvalue weighted by Gasteiger charge is -2.18. The Morgan fingerprint density at radius 1 is 1.39 bits per heavy atom. The fraction of sp³-hybridized carbons (Fsp3) is 0.188. The van der Waals surface area contributed by atoms with Crippen molar-refractivity contribution in [2.75, 3.05) is 18.5 Å². The fourth-order valence-corrected chi connectivity index (χ4v) is 2.15. The highest BCUT2D eigenvalue weighted by molar-refractivity contribution is 6.09. The highest BCUT2D eigenvalue weighted by atomic mass is 16.6. The molecule has 0 saturated carbocycles. The average Bonchev–Trinajstić information content (AvgIpc) is 2.97. The molecule has 7 heteroatoms. The number of ether oxygens (including phenoxy) is 2. The number of benzene rings is 1. The molecule has 0 bridgehead atoms. The lowest BCUT2D eigenvalue weighted by Crippen LogP contribution is -2.17. The minimum atomic E-state index is -0.493. The number of nitrogens with one attached hydrogen (secondary N) is 1. The van der Waals surface area contributed by atoms with Crippen LogP contribution in [0.4, 0.5) is 5.69 Å². The molecule has 7 nitrogen and oxygen atoms in total. The van der Waals surface area contributed by atoms with E-state index in [0.717, 1.165) is 0 Å². The lowest BCUT2D eigenvalue weighted by atomic mass is 10.2. The van der Waals surface area contributed by atoms with E-state index in [1.807, 2.05) is 6.07 Å². The number of hydrogen-bond donors (Lipinski definition) is 1. The SMILES string of the molecule is Cn1cc(/C=C(\C#N)C(=O)Nc2ccc3c(c2)OCCO3)cn1. The van der Waals surface area contributed by atoms with E-state index in [4.69, 9.17) is 9.47 Å². The Hall–Kier alpha value is -3.27. The van der Waals surface area contributed by atoms with Crippen LogP contribution in [0.15, 0.2) is 36.2 Å². The predicted octanol–water partition coefficient (Wildman–Crippen LogP) is 1.74. The zero-order valence-corrected chi connectivity index (χ0v) is 12.4. The largest absolute Gasteiger partial charge is 0.486 e. The molecule has 116 valence electrons. The van der Waals surface area contributed by atoms with Gasteiger partial charge in [-0.3, -0.25) is 9.48 Å². The van der Waals surface area contributed by atoms with Crippen molar-refractivity contribution in [2.45, 2.75) is 0 Å². The van der Waals surface area contributed by atoms with Crippen LogP contribution < -0.4 is 14.8 Å². The standard InChI is InChI=1S/C16H14N4O3/c1-20-10-11(9-18-20)6-12(8-17)16(21)19-13-2-3-14-15(7-13)23-5-4-22-14/h2-3,6-7,9-10H,4-5H2,1H3,(H,19,21)/b12-6+. The third kappa shape index (κ3) is 3.32. The zero-order valence-electron chi connectivity index (χ0n) is 12.4. The molecule has 0 atom stereocenters. The second-order valence-electron chi connectivity index (χ2n) is 4.93. The van der Waals surface area contributed by atoms with E-state index in [0.29, 0.717) is 36.0 Å². The number of amides is 1. The summed E-state index contributed by atoms with van der Waals surface area (Å²) >= 11 is 0. The minimum absolute atomic E-state index is 0.00658. The second kappa shape index (κ2) is 6.23. The molecule has 0 radical (unpaired) electrons. The molecular weight excluding hydrogens is 296 g/mol. The van der Waals surface area contributed by atoms with Crippen molar-refractivity contribution < 1.29 is 14.3 Å². The van der Waals surface area contributed by atoms with Crippen LogP contribution in [-0.2, 0) is 11.8 Å². The van der Waals surface area contributed by atoms with Crippen LogP contribution in [0, 0.1) is 11.3 Å². The summed E-state index contributed by atoms with van der Waals surface area (Å²) in [7, 11) is 1.76. The molecule has 1 N–H and O–H groups in total. The number of rotatable bonds is 3. The number of fused-ring (bicyclic) bond motifs is 1. The summed E-state index contributed by atoms with van der Waals surface area (Å²) in [6.07, 6.45) is 4.78. The third-order valence-electron chi connectivity index (χ3n) is 3.20. The molecule has 0 aliphatic carbocycles. The smallest absolute Gasteiger partial charge is 0.266 e. The van der Waals surface area contributed by atoms with E-state index in [1.165, 1.54) is 6.08 Å². The predicted molar refractivity (Wildman–Crippen MR) is 82.9 cm³/mol. The molecule has 0 saturated heterocycles. The maximum Gasteiger partial charge on any atom is 0.266 e. The number of nitriles is 1. The zero-order chi connectivity index (χ0) is 16.2. The molecule has 0 spiro atoms. The molecule has 1 aliphatic heterocycles. The van der Waals surface area contributed by atoms with Gasteiger partial charge in [0.2, 0.25) is 0 Å². The Morgan fingerprint density at radius 3 is 2.87 bits per heavy atom. The Balaban J connectivity index is 1.77. The van der Waals surface area contributed by atoms with Crippen molar-refractivity contribution in [1.29, 1.82) is 5.26 Å². The van der Waals surface area contributed by atoms with Crippen LogP contribution in [0.25, 0.3) is 6.08 Å². The van der Waals surface area contributed by atoms with Crippen LogP contribution >= 0.6 is 0 Å². The van der Waals surface area contributed by atoms with E-state index in [2.05, 4.69) is 10.4 Å². The molecule has 1 aromatic carbocycles. The van der Waals surface area contributed by atoms with Crippen LogP contribution in [0.2, 0.25) is 0 Å². The average molecular weight is 310 g/mol. The minimum Gasteiger partial charge on any atom is -0.486 e. The van der Waals surface area contributed by atoms with Crippen molar-refractivity contribution in [3.8, 4) is 17.6 Å². The summed E-state index contributed by atoms with van der Waals surface area (Å²) in [5, 5.41) is 15.9. The van der Waals surface area contributed by atoms with Gasteiger partial charge in [-0.2, -0.15) is 10.4 Å². The maximum absolute atomic E-state index is 12.2. The van der Waals surface area contributed by atoms with Gasteiger partial charge in [0.25, 0.3) is 5.91 Å².